The number of benzene rings is 3. The van der Waals surface area contributed by atoms with Crippen LogP contribution in [0.15, 0.2) is 72.8 Å². The molecule has 0 N–H and O–H groups in total. The first-order chi connectivity index (χ1) is 14.3. The van der Waals surface area contributed by atoms with Gasteiger partial charge in [-0.2, -0.15) is 0 Å². The molecule has 30 heavy (non-hydrogen) atoms. The van der Waals surface area contributed by atoms with Gasteiger partial charge in [0.15, 0.2) is 0 Å². The number of urea groups is 1. The van der Waals surface area contributed by atoms with Crippen LogP contribution in [0, 0.1) is 6.92 Å². The SMILES string of the molecule is CC[C@]1(C)[C@@H](c2cccc(C)c2)N(c2ccc(Cl)cc2)C(=O)N1c1ccc(Cl)cc1. The van der Waals surface area contributed by atoms with Gasteiger partial charge < -0.3 is 0 Å². The van der Waals surface area contributed by atoms with Crippen molar-refractivity contribution in [1.82, 2.24) is 0 Å². The third kappa shape index (κ3) is 3.46. The lowest BCUT2D eigenvalue weighted by molar-refractivity contribution is 0.254. The molecule has 5 heteroatoms. The third-order valence-corrected chi connectivity index (χ3v) is 6.52. The van der Waals surface area contributed by atoms with Gasteiger partial charge in [-0.25, -0.2) is 4.79 Å². The normalized spacial score (nSPS) is 21.4. The molecule has 154 valence electrons. The fraction of sp³-hybridized carbons (Fsp3) is 0.240. The molecule has 0 radical (unpaired) electrons. The Morgan fingerprint density at radius 2 is 1.47 bits per heavy atom. The van der Waals surface area contributed by atoms with Crippen molar-refractivity contribution in [2.45, 2.75) is 38.8 Å². The Bertz CT molecular complexity index is 1070. The second kappa shape index (κ2) is 7.98. The largest absolute Gasteiger partial charge is 0.330 e. The molecule has 0 aliphatic carbocycles. The summed E-state index contributed by atoms with van der Waals surface area (Å²) in [6, 6.07) is 23.1. The molecule has 0 aromatic heterocycles. The average molecular weight is 439 g/mol. The van der Waals surface area contributed by atoms with E-state index in [1.165, 1.54) is 5.56 Å². The highest BCUT2D eigenvalue weighted by Crippen LogP contribution is 2.49. The summed E-state index contributed by atoms with van der Waals surface area (Å²) in [4.78, 5) is 17.7. The lowest BCUT2D eigenvalue weighted by Crippen LogP contribution is -2.45. The van der Waals surface area contributed by atoms with Crippen LogP contribution in [0.25, 0.3) is 0 Å². The summed E-state index contributed by atoms with van der Waals surface area (Å²) in [5.41, 5.74) is 3.48. The zero-order chi connectivity index (χ0) is 21.5. The van der Waals surface area contributed by atoms with Gasteiger partial charge in [-0.1, -0.05) is 60.0 Å². The van der Waals surface area contributed by atoms with Crippen molar-refractivity contribution >= 4 is 40.6 Å². The van der Waals surface area contributed by atoms with Gasteiger partial charge in [0.05, 0.1) is 11.6 Å². The summed E-state index contributed by atoms with van der Waals surface area (Å²) in [7, 11) is 0. The number of halogens is 2. The third-order valence-electron chi connectivity index (χ3n) is 6.02. The Kier molecular flexibility index (Phi) is 5.52. The van der Waals surface area contributed by atoms with Crippen molar-refractivity contribution in [3.8, 4) is 0 Å². The maximum absolute atomic E-state index is 13.9. The molecule has 0 saturated carbocycles. The van der Waals surface area contributed by atoms with Gasteiger partial charge in [0.2, 0.25) is 0 Å². The highest BCUT2D eigenvalue weighted by Gasteiger charge is 2.55. The molecule has 1 aliphatic heterocycles. The Morgan fingerprint density at radius 3 is 2.00 bits per heavy atom. The number of carbonyl (C=O) groups excluding carboxylic acids is 1. The number of amides is 2. The van der Waals surface area contributed by atoms with Crippen molar-refractivity contribution in [1.29, 1.82) is 0 Å². The van der Waals surface area contributed by atoms with E-state index in [1.807, 2.05) is 58.3 Å². The molecule has 1 fully saturated rings. The summed E-state index contributed by atoms with van der Waals surface area (Å²) in [5, 5.41) is 1.29. The van der Waals surface area contributed by atoms with Crippen LogP contribution in [0.3, 0.4) is 0 Å². The van der Waals surface area contributed by atoms with E-state index in [2.05, 4.69) is 45.0 Å². The number of hydrogen-bond acceptors (Lipinski definition) is 1. The highest BCUT2D eigenvalue weighted by atomic mass is 35.5. The lowest BCUT2D eigenvalue weighted by Gasteiger charge is -2.38. The maximum atomic E-state index is 13.9. The number of nitrogens with zero attached hydrogens (tertiary/aromatic N) is 2. The first-order valence-electron chi connectivity index (χ1n) is 10.1. The van der Waals surface area contributed by atoms with Gasteiger partial charge >= 0.3 is 6.03 Å². The van der Waals surface area contributed by atoms with Crippen LogP contribution >= 0.6 is 23.2 Å². The first-order valence-corrected chi connectivity index (χ1v) is 10.8. The molecular weight excluding hydrogens is 415 g/mol. The molecule has 3 aromatic rings. The number of carbonyl (C=O) groups is 1. The van der Waals surface area contributed by atoms with Crippen LogP contribution < -0.4 is 9.80 Å². The molecule has 0 spiro atoms. The van der Waals surface area contributed by atoms with Crippen molar-refractivity contribution < 1.29 is 4.79 Å². The molecule has 0 bridgehead atoms. The van der Waals surface area contributed by atoms with E-state index in [0.29, 0.717) is 10.0 Å². The summed E-state index contributed by atoms with van der Waals surface area (Å²) < 4.78 is 0. The van der Waals surface area contributed by atoms with Crippen LogP contribution in [-0.2, 0) is 0 Å². The second-order valence-corrected chi connectivity index (χ2v) is 8.84. The fourth-order valence-corrected chi connectivity index (χ4v) is 4.65. The zero-order valence-corrected chi connectivity index (χ0v) is 18.8. The molecule has 2 amide bonds. The molecule has 2 atom stereocenters. The van der Waals surface area contributed by atoms with Crippen LogP contribution in [0.5, 0.6) is 0 Å². The van der Waals surface area contributed by atoms with Gasteiger partial charge in [-0.3, -0.25) is 9.80 Å². The Balaban J connectivity index is 1.93. The first kappa shape index (κ1) is 20.8. The quantitative estimate of drug-likeness (QED) is 0.409. The van der Waals surface area contributed by atoms with Crippen molar-refractivity contribution in [3.63, 3.8) is 0 Å². The molecule has 1 aliphatic rings. The molecule has 3 aromatic carbocycles. The Hall–Kier alpha value is -2.49. The lowest BCUT2D eigenvalue weighted by atomic mass is 9.83. The van der Waals surface area contributed by atoms with Gasteiger partial charge in [-0.15, -0.1) is 0 Å². The zero-order valence-electron chi connectivity index (χ0n) is 17.3. The second-order valence-electron chi connectivity index (χ2n) is 7.97. The molecule has 3 nitrogen and oxygen atoms in total. The minimum Gasteiger partial charge on any atom is -0.286 e. The summed E-state index contributed by atoms with van der Waals surface area (Å²) in [6.45, 7) is 6.36. The molecule has 1 saturated heterocycles. The fourth-order valence-electron chi connectivity index (χ4n) is 4.39. The van der Waals surface area contributed by atoms with E-state index in [9.17, 15) is 4.79 Å². The molecular formula is C25H24Cl2N2O. The number of rotatable bonds is 4. The smallest absolute Gasteiger partial charge is 0.286 e. The van der Waals surface area contributed by atoms with Gasteiger partial charge in [0.25, 0.3) is 0 Å². The predicted molar refractivity (Wildman–Crippen MR) is 126 cm³/mol. The van der Waals surface area contributed by atoms with E-state index in [4.69, 9.17) is 23.2 Å². The van der Waals surface area contributed by atoms with Gasteiger partial charge in [0.1, 0.15) is 0 Å². The number of hydrogen-bond donors (Lipinski definition) is 0. The molecule has 1 heterocycles. The van der Waals surface area contributed by atoms with Crippen LogP contribution in [0.2, 0.25) is 10.0 Å². The van der Waals surface area contributed by atoms with E-state index in [0.717, 1.165) is 23.4 Å². The number of aryl methyl sites for hydroxylation is 1. The minimum atomic E-state index is -0.460. The molecule has 4 rings (SSSR count). The summed E-state index contributed by atoms with van der Waals surface area (Å²) in [6.07, 6.45) is 0.782. The van der Waals surface area contributed by atoms with Crippen LogP contribution in [-0.4, -0.2) is 11.6 Å². The van der Waals surface area contributed by atoms with Crippen LogP contribution in [0.1, 0.15) is 37.4 Å². The summed E-state index contributed by atoms with van der Waals surface area (Å²) >= 11 is 12.2. The van der Waals surface area contributed by atoms with Crippen LogP contribution in [0.4, 0.5) is 16.2 Å². The standard InChI is InChI=1S/C25H24Cl2N2O/c1-4-25(3)23(18-7-5-6-17(2)16-18)28(21-12-8-19(26)9-13-21)24(30)29(25)22-14-10-20(27)11-15-22/h5-16,23H,4H2,1-3H3/t23-,25-/m1/s1. The van der Waals surface area contributed by atoms with Crippen molar-refractivity contribution in [2.75, 3.05) is 9.80 Å². The van der Waals surface area contributed by atoms with Crippen molar-refractivity contribution in [3.05, 3.63) is 94.0 Å². The minimum absolute atomic E-state index is 0.0597. The predicted octanol–water partition coefficient (Wildman–Crippen LogP) is 7.66. The molecule has 0 unspecified atom stereocenters. The van der Waals surface area contributed by atoms with Gasteiger partial charge in [0, 0.05) is 21.4 Å². The average Bonchev–Trinajstić information content (AvgIpc) is 2.97. The van der Waals surface area contributed by atoms with Gasteiger partial charge in [-0.05, 0) is 74.4 Å². The Morgan fingerprint density at radius 1 is 0.900 bits per heavy atom. The Labute approximate surface area is 187 Å². The monoisotopic (exact) mass is 438 g/mol. The number of anilines is 2. The van der Waals surface area contributed by atoms with E-state index in [1.54, 1.807) is 0 Å². The maximum Gasteiger partial charge on any atom is 0.330 e. The van der Waals surface area contributed by atoms with E-state index < -0.39 is 5.54 Å². The highest BCUT2D eigenvalue weighted by molar-refractivity contribution is 6.31. The van der Waals surface area contributed by atoms with Crippen molar-refractivity contribution in [2.24, 2.45) is 0 Å². The van der Waals surface area contributed by atoms with E-state index >= 15 is 0 Å². The summed E-state index contributed by atoms with van der Waals surface area (Å²) in [5.74, 6) is 0. The van der Waals surface area contributed by atoms with E-state index in [-0.39, 0.29) is 12.1 Å². The topological polar surface area (TPSA) is 23.6 Å².